The van der Waals surface area contributed by atoms with E-state index in [9.17, 15) is 30.0 Å². The van der Waals surface area contributed by atoms with E-state index in [1.54, 1.807) is 50.3 Å². The van der Waals surface area contributed by atoms with Gasteiger partial charge in [0, 0.05) is 38.5 Å². The Morgan fingerprint density at radius 3 is 1.50 bits per heavy atom. The van der Waals surface area contributed by atoms with E-state index in [1.165, 1.54) is 18.2 Å². The van der Waals surface area contributed by atoms with Crippen molar-refractivity contribution in [1.82, 2.24) is 9.97 Å². The molecule has 3 rings (SSSR count). The number of aromatic hydroxyl groups is 2. The van der Waals surface area contributed by atoms with Crippen molar-refractivity contribution in [2.45, 2.75) is 75.8 Å². The maximum atomic E-state index is 13.3. The number of aryl methyl sites for hydroxylation is 2. The number of rotatable bonds is 18. The molecule has 4 N–H and O–H groups in total. The molecule has 0 radical (unpaired) electrons. The number of aliphatic hydroxyl groups is 2. The number of phenols is 2. The van der Waals surface area contributed by atoms with Gasteiger partial charge in [-0.05, 0) is 37.1 Å². The van der Waals surface area contributed by atoms with Crippen LogP contribution in [0.5, 0.6) is 11.5 Å². The Kier molecular flexibility index (Phi) is 13.0. The molecule has 3 aromatic rings. The Labute approximate surface area is 281 Å². The van der Waals surface area contributed by atoms with Crippen molar-refractivity contribution in [1.29, 1.82) is 0 Å². The zero-order valence-electron chi connectivity index (χ0n) is 27.5. The molecule has 0 bridgehead atoms. The molecule has 0 aliphatic rings. The number of carbonyl (C=O) groups is 2. The summed E-state index contributed by atoms with van der Waals surface area (Å²) in [7, 11) is 0. The van der Waals surface area contributed by atoms with Crippen molar-refractivity contribution in [2.24, 2.45) is 0 Å². The fourth-order valence-corrected chi connectivity index (χ4v) is 5.66. The molecular formula is C38H44N2O8. The Morgan fingerprint density at radius 1 is 0.688 bits per heavy atom. The molecule has 2 atom stereocenters. The predicted octanol–water partition coefficient (Wildman–Crippen LogP) is 5.49. The van der Waals surface area contributed by atoms with Crippen LogP contribution in [0.2, 0.25) is 0 Å². The van der Waals surface area contributed by atoms with Crippen LogP contribution in [0.3, 0.4) is 0 Å². The van der Waals surface area contributed by atoms with E-state index in [0.717, 1.165) is 5.56 Å². The molecule has 0 amide bonds. The van der Waals surface area contributed by atoms with Crippen molar-refractivity contribution in [3.63, 3.8) is 0 Å². The van der Waals surface area contributed by atoms with E-state index in [-0.39, 0.29) is 55.7 Å². The maximum Gasteiger partial charge on any atom is 0.336 e. The van der Waals surface area contributed by atoms with Gasteiger partial charge in [-0.3, -0.25) is 0 Å². The molecule has 0 saturated heterocycles. The van der Waals surface area contributed by atoms with E-state index in [4.69, 9.17) is 19.4 Å². The summed E-state index contributed by atoms with van der Waals surface area (Å²) < 4.78 is 12.1. The first-order valence-electron chi connectivity index (χ1n) is 15.5. The number of carbonyl (C=O) groups excluding carboxylic acids is 2. The molecule has 2 aromatic carbocycles. The zero-order valence-corrected chi connectivity index (χ0v) is 27.5. The van der Waals surface area contributed by atoms with Crippen LogP contribution in [0.25, 0.3) is 0 Å². The fraction of sp³-hybridized carbons (Fsp3) is 0.316. The summed E-state index contributed by atoms with van der Waals surface area (Å²) in [6.07, 6.45) is 3.53. The highest BCUT2D eigenvalue weighted by atomic mass is 16.6. The molecule has 0 fully saturated rings. The highest BCUT2D eigenvalue weighted by Gasteiger charge is 2.43. The summed E-state index contributed by atoms with van der Waals surface area (Å²) in [5, 5.41) is 41.0. The molecule has 0 aliphatic heterocycles. The van der Waals surface area contributed by atoms with Gasteiger partial charge in [-0.1, -0.05) is 60.7 Å². The Hall–Kier alpha value is -5.06. The zero-order chi connectivity index (χ0) is 35.5. The summed E-state index contributed by atoms with van der Waals surface area (Å²) in [5.41, 5.74) is -0.393. The normalized spacial score (nSPS) is 12.8. The molecule has 10 nitrogen and oxygen atoms in total. The lowest BCUT2D eigenvalue weighted by Gasteiger charge is -2.36. The van der Waals surface area contributed by atoms with Gasteiger partial charge in [0.15, 0.2) is 34.9 Å². The van der Waals surface area contributed by atoms with Gasteiger partial charge in [-0.15, -0.1) is 26.3 Å². The number of esters is 2. The lowest BCUT2D eigenvalue weighted by molar-refractivity contribution is -0.173. The molecule has 254 valence electrons. The SMILES string of the molecule is C=CCC(CC=C)(OC(=O)C(O)Cc1ccccc1)c1nc(C)c(C(CC=C)(CC=C)OC(=O)C(O)Cc2ccc(O)c(O)c2)nc1C. The topological polar surface area (TPSA) is 159 Å². The van der Waals surface area contributed by atoms with Crippen LogP contribution >= 0.6 is 0 Å². The van der Waals surface area contributed by atoms with Crippen molar-refractivity contribution < 1.29 is 39.5 Å². The van der Waals surface area contributed by atoms with Gasteiger partial charge in [0.05, 0.1) is 11.4 Å². The Morgan fingerprint density at radius 2 is 1.10 bits per heavy atom. The van der Waals surface area contributed by atoms with Crippen LogP contribution in [0.4, 0.5) is 0 Å². The van der Waals surface area contributed by atoms with Crippen LogP contribution in [0.1, 0.15) is 59.6 Å². The summed E-state index contributed by atoms with van der Waals surface area (Å²) in [6.45, 7) is 18.7. The molecule has 2 unspecified atom stereocenters. The summed E-state index contributed by atoms with van der Waals surface area (Å²) in [4.78, 5) is 36.4. The maximum absolute atomic E-state index is 13.3. The highest BCUT2D eigenvalue weighted by molar-refractivity contribution is 5.76. The minimum atomic E-state index is -1.62. The second-order valence-corrected chi connectivity index (χ2v) is 11.6. The highest BCUT2D eigenvalue weighted by Crippen LogP contribution is 2.40. The Balaban J connectivity index is 2.02. The van der Waals surface area contributed by atoms with Crippen LogP contribution in [0.15, 0.2) is 99.2 Å². The van der Waals surface area contributed by atoms with Crippen molar-refractivity contribution in [2.75, 3.05) is 0 Å². The second kappa shape index (κ2) is 16.7. The second-order valence-electron chi connectivity index (χ2n) is 11.6. The number of hydrogen-bond acceptors (Lipinski definition) is 10. The van der Waals surface area contributed by atoms with Gasteiger partial charge >= 0.3 is 11.9 Å². The minimum Gasteiger partial charge on any atom is -0.504 e. The number of aromatic nitrogens is 2. The quantitative estimate of drug-likeness (QED) is 0.0783. The monoisotopic (exact) mass is 656 g/mol. The number of aliphatic hydroxyl groups excluding tert-OH is 2. The molecule has 10 heteroatoms. The van der Waals surface area contributed by atoms with Gasteiger partial charge in [-0.2, -0.15) is 0 Å². The van der Waals surface area contributed by atoms with Gasteiger partial charge in [0.2, 0.25) is 0 Å². The van der Waals surface area contributed by atoms with E-state index in [2.05, 4.69) is 26.3 Å². The third kappa shape index (κ3) is 8.84. The number of hydrogen-bond donors (Lipinski definition) is 4. The van der Waals surface area contributed by atoms with Crippen molar-refractivity contribution >= 4 is 11.9 Å². The van der Waals surface area contributed by atoms with Crippen LogP contribution in [-0.4, -0.2) is 54.5 Å². The van der Waals surface area contributed by atoms with Crippen LogP contribution in [0, 0.1) is 13.8 Å². The summed E-state index contributed by atoms with van der Waals surface area (Å²) in [5.74, 6) is -2.52. The molecular weight excluding hydrogens is 612 g/mol. The average molecular weight is 657 g/mol. The first kappa shape index (κ1) is 37.4. The molecule has 1 aromatic heterocycles. The van der Waals surface area contributed by atoms with E-state index in [1.807, 2.05) is 18.2 Å². The third-order valence-electron chi connectivity index (χ3n) is 7.88. The number of ether oxygens (including phenoxy) is 2. The van der Waals surface area contributed by atoms with Gasteiger partial charge in [0.1, 0.15) is 11.4 Å². The fourth-order valence-electron chi connectivity index (χ4n) is 5.66. The lowest BCUT2D eigenvalue weighted by Crippen LogP contribution is -2.41. The third-order valence-corrected chi connectivity index (χ3v) is 7.88. The minimum absolute atomic E-state index is 0.0529. The first-order valence-corrected chi connectivity index (χ1v) is 15.5. The van der Waals surface area contributed by atoms with Gasteiger partial charge in [0.25, 0.3) is 0 Å². The number of nitrogens with zero attached hydrogens (tertiary/aromatic N) is 2. The van der Waals surface area contributed by atoms with Gasteiger partial charge in [-0.25, -0.2) is 19.6 Å². The molecule has 48 heavy (non-hydrogen) atoms. The average Bonchev–Trinajstić information content (AvgIpc) is 3.04. The molecule has 0 aliphatic carbocycles. The molecule has 0 spiro atoms. The number of phenolic OH excluding ortho intramolecular Hbond substituents is 2. The van der Waals surface area contributed by atoms with Crippen molar-refractivity contribution in [3.8, 4) is 11.5 Å². The standard InChI is InChI=1S/C38H44N2O8/c1-7-18-37(19-8-2,47-35(45)31(43)22-27-14-12-11-13-15-27)33-25(5)40-34(26(6)39-33)38(20-9-3,21-10-4)48-36(46)32(44)24-28-16-17-29(41)30(42)23-28/h7-17,23,31-32,41-44H,1-4,18-22,24H2,5-6H3. The first-order chi connectivity index (χ1) is 22.8. The largest absolute Gasteiger partial charge is 0.504 e. The summed E-state index contributed by atoms with van der Waals surface area (Å²) >= 11 is 0. The molecule has 1 heterocycles. The molecule has 0 saturated carbocycles. The lowest BCUT2D eigenvalue weighted by atomic mass is 9.86. The Bertz CT molecular complexity index is 1620. The van der Waals surface area contributed by atoms with E-state index < -0.39 is 35.3 Å². The van der Waals surface area contributed by atoms with Crippen LogP contribution in [-0.2, 0) is 43.1 Å². The van der Waals surface area contributed by atoms with E-state index >= 15 is 0 Å². The number of benzene rings is 2. The van der Waals surface area contributed by atoms with Crippen LogP contribution < -0.4 is 0 Å². The van der Waals surface area contributed by atoms with Gasteiger partial charge < -0.3 is 29.9 Å². The predicted molar refractivity (Wildman–Crippen MR) is 182 cm³/mol. The van der Waals surface area contributed by atoms with Crippen molar-refractivity contribution in [3.05, 3.63) is 133 Å². The smallest absolute Gasteiger partial charge is 0.336 e. The summed E-state index contributed by atoms with van der Waals surface area (Å²) in [6, 6.07) is 13.0. The van der Waals surface area contributed by atoms with E-state index in [0.29, 0.717) is 22.6 Å².